The normalized spacial score (nSPS) is 13.2. The summed E-state index contributed by atoms with van der Waals surface area (Å²) in [6, 6.07) is 17.4. The maximum Gasteiger partial charge on any atom is 0.326 e. The summed E-state index contributed by atoms with van der Waals surface area (Å²) in [5.74, 6) is -5.25. The van der Waals surface area contributed by atoms with E-state index in [0.717, 1.165) is 15.9 Å². The Morgan fingerprint density at radius 2 is 1.02 bits per heavy atom. The SMILES string of the molecule is O=C(O)CCC(O)NC(=O)c1ccc(P(c2ccc(C(=O)NC(CCC(=O)O)COO)cc2)c2ccc(C(=O)NC(CCCOO)C(=O)O)cc2)cc1. The minimum Gasteiger partial charge on any atom is -0.481 e. The van der Waals surface area contributed by atoms with E-state index in [1.54, 1.807) is 48.5 Å². The number of aliphatic hydroxyl groups is 1. The Hall–Kier alpha value is -5.29. The highest BCUT2D eigenvalue weighted by molar-refractivity contribution is 7.79. The molecule has 3 amide bonds. The highest BCUT2D eigenvalue weighted by atomic mass is 31.1. The lowest BCUT2D eigenvalue weighted by molar-refractivity contribution is -0.246. The predicted octanol–water partition coefficient (Wildman–Crippen LogP) is 1.26. The van der Waals surface area contributed by atoms with Crippen molar-refractivity contribution in [1.82, 2.24) is 16.0 Å². The molecule has 17 nitrogen and oxygen atoms in total. The van der Waals surface area contributed by atoms with Crippen molar-refractivity contribution in [3.05, 3.63) is 89.5 Å². The van der Waals surface area contributed by atoms with Crippen LogP contribution in [0.1, 0.15) is 69.6 Å². The van der Waals surface area contributed by atoms with Crippen LogP contribution in [0.3, 0.4) is 0 Å². The lowest BCUT2D eigenvalue weighted by Crippen LogP contribution is -2.41. The minimum atomic E-state index is -1.40. The first-order valence-electron chi connectivity index (χ1n) is 16.2. The molecule has 3 aromatic carbocycles. The topological polar surface area (TPSA) is 278 Å². The van der Waals surface area contributed by atoms with Crippen molar-refractivity contribution in [2.45, 2.75) is 56.8 Å². The van der Waals surface area contributed by atoms with Gasteiger partial charge in [-0.15, -0.1) is 0 Å². The van der Waals surface area contributed by atoms with Gasteiger partial charge in [-0.2, -0.15) is 0 Å². The van der Waals surface area contributed by atoms with Crippen molar-refractivity contribution in [1.29, 1.82) is 0 Å². The number of benzene rings is 3. The molecule has 0 bridgehead atoms. The van der Waals surface area contributed by atoms with E-state index in [1.165, 1.54) is 24.3 Å². The van der Waals surface area contributed by atoms with E-state index in [-0.39, 0.29) is 68.4 Å². The van der Waals surface area contributed by atoms with Crippen LogP contribution in [0.2, 0.25) is 0 Å². The van der Waals surface area contributed by atoms with Gasteiger partial charge in [-0.05, 0) is 79.5 Å². The molecular formula is C35H40N3O14P. The number of carbonyl (C=O) groups is 6. The van der Waals surface area contributed by atoms with Gasteiger partial charge in [-0.3, -0.25) is 34.5 Å². The number of hydrogen-bond acceptors (Lipinski definition) is 11. The third-order valence-electron chi connectivity index (χ3n) is 7.74. The molecule has 4 atom stereocenters. The van der Waals surface area contributed by atoms with Crippen LogP contribution < -0.4 is 31.9 Å². The van der Waals surface area contributed by atoms with Crippen molar-refractivity contribution in [3.63, 3.8) is 0 Å². The summed E-state index contributed by atoms with van der Waals surface area (Å²) in [5.41, 5.74) is 0.610. The maximum atomic E-state index is 13.0. The molecule has 0 radical (unpaired) electrons. The summed E-state index contributed by atoms with van der Waals surface area (Å²) in [5, 5.41) is 64.4. The zero-order chi connectivity index (χ0) is 38.9. The fourth-order valence-electron chi connectivity index (χ4n) is 5.00. The minimum absolute atomic E-state index is 0.0178. The van der Waals surface area contributed by atoms with E-state index >= 15 is 0 Å². The maximum absolute atomic E-state index is 13.0. The molecular weight excluding hydrogens is 717 g/mol. The second kappa shape index (κ2) is 21.3. The Morgan fingerprint density at radius 1 is 0.585 bits per heavy atom. The van der Waals surface area contributed by atoms with E-state index in [0.29, 0.717) is 0 Å². The van der Waals surface area contributed by atoms with E-state index < -0.39 is 61.9 Å². The molecule has 0 heterocycles. The molecule has 0 spiro atoms. The number of aliphatic carboxylic acids is 3. The molecule has 0 aromatic heterocycles. The number of amides is 3. The Morgan fingerprint density at radius 3 is 1.43 bits per heavy atom. The van der Waals surface area contributed by atoms with Gasteiger partial charge in [0.25, 0.3) is 17.7 Å². The van der Waals surface area contributed by atoms with Gasteiger partial charge in [-0.1, -0.05) is 36.4 Å². The molecule has 0 fully saturated rings. The number of carbonyl (C=O) groups excluding carboxylic acids is 3. The first-order chi connectivity index (χ1) is 25.3. The molecule has 53 heavy (non-hydrogen) atoms. The summed E-state index contributed by atoms with van der Waals surface area (Å²) >= 11 is 0. The second-order valence-corrected chi connectivity index (χ2v) is 13.9. The van der Waals surface area contributed by atoms with Crippen LogP contribution in [-0.2, 0) is 24.2 Å². The fourth-order valence-corrected chi connectivity index (χ4v) is 7.24. The number of nitrogens with one attached hydrogen (secondary N) is 3. The van der Waals surface area contributed by atoms with Crippen LogP contribution in [0.4, 0.5) is 0 Å². The predicted molar refractivity (Wildman–Crippen MR) is 189 cm³/mol. The zero-order valence-electron chi connectivity index (χ0n) is 28.2. The smallest absolute Gasteiger partial charge is 0.326 e. The molecule has 284 valence electrons. The summed E-state index contributed by atoms with van der Waals surface area (Å²) in [6.07, 6.45) is -1.92. The second-order valence-electron chi connectivity index (χ2n) is 11.6. The molecule has 4 unspecified atom stereocenters. The van der Waals surface area contributed by atoms with Gasteiger partial charge in [0.15, 0.2) is 0 Å². The Labute approximate surface area is 304 Å². The molecule has 18 heteroatoms. The van der Waals surface area contributed by atoms with Crippen LogP contribution in [0, 0.1) is 0 Å². The van der Waals surface area contributed by atoms with Gasteiger partial charge >= 0.3 is 17.9 Å². The summed E-state index contributed by atoms with van der Waals surface area (Å²) in [4.78, 5) is 80.2. The Bertz CT molecular complexity index is 1700. The highest BCUT2D eigenvalue weighted by Crippen LogP contribution is 2.33. The molecule has 3 rings (SSSR count). The first-order valence-corrected chi connectivity index (χ1v) is 17.6. The van der Waals surface area contributed by atoms with Crippen LogP contribution in [0.15, 0.2) is 72.8 Å². The summed E-state index contributed by atoms with van der Waals surface area (Å²) < 4.78 is 0. The Balaban J connectivity index is 1.90. The largest absolute Gasteiger partial charge is 0.481 e. The lowest BCUT2D eigenvalue weighted by atomic mass is 10.1. The quantitative estimate of drug-likeness (QED) is 0.0230. The summed E-state index contributed by atoms with van der Waals surface area (Å²) in [7, 11) is -1.40. The number of rotatable bonds is 22. The molecule has 0 saturated carbocycles. The van der Waals surface area contributed by atoms with Gasteiger partial charge in [0, 0.05) is 36.0 Å². The lowest BCUT2D eigenvalue weighted by Gasteiger charge is -2.21. The van der Waals surface area contributed by atoms with Crippen molar-refractivity contribution < 1.29 is 69.5 Å². The standard InChI is InChI=1S/C35H40N3O14P/c39-29(16-18-31(42)43)38-34(46)23-7-14-27(15-8-23)53(25-10-3-21(4-11-25)32(44)36-24(20-52-50)9-17-30(40)41)26-12-5-22(6-13-26)33(45)37-28(35(47)48)2-1-19-51-49/h3-8,10-15,24,28-29,39,49-50H,1-2,9,16-20H2,(H,36,44)(H,37,45)(H,38,46)(H,40,41)(H,42,43)(H,47,48). The molecule has 0 saturated heterocycles. The number of hydrogen-bond donors (Lipinski definition) is 9. The average molecular weight is 758 g/mol. The van der Waals surface area contributed by atoms with Crippen LogP contribution in [-0.4, -0.2) is 98.1 Å². The number of carboxylic acid groups (broad SMARTS) is 3. The number of aliphatic hydroxyl groups excluding tert-OH is 1. The van der Waals surface area contributed by atoms with E-state index in [9.17, 15) is 39.0 Å². The van der Waals surface area contributed by atoms with Gasteiger partial charge in [0.2, 0.25) is 0 Å². The molecule has 3 aromatic rings. The van der Waals surface area contributed by atoms with Crippen LogP contribution >= 0.6 is 7.92 Å². The van der Waals surface area contributed by atoms with Crippen LogP contribution in [0.25, 0.3) is 0 Å². The third kappa shape index (κ3) is 13.6. The molecule has 9 N–H and O–H groups in total. The molecule has 0 aliphatic heterocycles. The van der Waals surface area contributed by atoms with E-state index in [4.69, 9.17) is 20.7 Å². The third-order valence-corrected chi connectivity index (χ3v) is 10.2. The molecule has 0 aliphatic carbocycles. The van der Waals surface area contributed by atoms with E-state index in [2.05, 4.69) is 25.7 Å². The molecule has 0 aliphatic rings. The van der Waals surface area contributed by atoms with E-state index in [1.807, 2.05) is 0 Å². The first kappa shape index (κ1) is 42.1. The number of carboxylic acids is 3. The van der Waals surface area contributed by atoms with Crippen molar-refractivity contribution in [2.24, 2.45) is 0 Å². The van der Waals surface area contributed by atoms with Gasteiger partial charge < -0.3 is 36.4 Å². The summed E-state index contributed by atoms with van der Waals surface area (Å²) in [6.45, 7) is -0.419. The van der Waals surface area contributed by atoms with Gasteiger partial charge in [0.05, 0.1) is 12.6 Å². The Kier molecular flexibility index (Phi) is 16.9. The average Bonchev–Trinajstić information content (AvgIpc) is 3.13. The zero-order valence-corrected chi connectivity index (χ0v) is 29.1. The monoisotopic (exact) mass is 757 g/mol. The highest BCUT2D eigenvalue weighted by Gasteiger charge is 2.23. The van der Waals surface area contributed by atoms with Crippen molar-refractivity contribution in [3.8, 4) is 0 Å². The van der Waals surface area contributed by atoms with Crippen molar-refractivity contribution >= 4 is 59.5 Å². The van der Waals surface area contributed by atoms with Gasteiger partial charge in [-0.25, -0.2) is 14.6 Å². The fraction of sp³-hybridized carbons (Fsp3) is 0.314. The van der Waals surface area contributed by atoms with Crippen molar-refractivity contribution in [2.75, 3.05) is 13.2 Å². The van der Waals surface area contributed by atoms with Crippen LogP contribution in [0.5, 0.6) is 0 Å². The van der Waals surface area contributed by atoms with Gasteiger partial charge in [0.1, 0.15) is 18.9 Å².